The van der Waals surface area contributed by atoms with Gasteiger partial charge in [0.1, 0.15) is 5.82 Å². The van der Waals surface area contributed by atoms with Crippen molar-refractivity contribution in [3.8, 4) is 0 Å². The molecule has 0 saturated carbocycles. The molecule has 0 unspecified atom stereocenters. The van der Waals surface area contributed by atoms with E-state index < -0.39 is 0 Å². The van der Waals surface area contributed by atoms with Gasteiger partial charge in [-0.05, 0) is 17.7 Å². The van der Waals surface area contributed by atoms with Gasteiger partial charge in [-0.15, -0.1) is 0 Å². The molecule has 1 heterocycles. The lowest BCUT2D eigenvalue weighted by Crippen LogP contribution is -2.18. The number of halogens is 2. The third kappa shape index (κ3) is 2.94. The van der Waals surface area contributed by atoms with E-state index in [1.807, 2.05) is 30.1 Å². The quantitative estimate of drug-likeness (QED) is 0.935. The number of nitrogens with zero attached hydrogens (tertiary/aromatic N) is 2. The molecular formula is C13H13BrClN3. The molecule has 5 heteroatoms. The Labute approximate surface area is 120 Å². The summed E-state index contributed by atoms with van der Waals surface area (Å²) in [6, 6.07) is 9.78. The Hall–Kier alpha value is -1.26. The Bertz CT molecular complexity index is 560. The molecule has 2 aromatic rings. The van der Waals surface area contributed by atoms with E-state index in [2.05, 4.69) is 27.0 Å². The van der Waals surface area contributed by atoms with Crippen molar-refractivity contribution in [1.82, 2.24) is 4.98 Å². The lowest BCUT2D eigenvalue weighted by Gasteiger charge is -2.20. The number of nitrogens with two attached hydrogens (primary N) is 1. The van der Waals surface area contributed by atoms with Gasteiger partial charge in [0.25, 0.3) is 0 Å². The van der Waals surface area contributed by atoms with Crippen LogP contribution in [0.4, 0.5) is 11.5 Å². The summed E-state index contributed by atoms with van der Waals surface area (Å²) < 4.78 is 1.07. The highest BCUT2D eigenvalue weighted by atomic mass is 79.9. The van der Waals surface area contributed by atoms with Crippen molar-refractivity contribution in [3.63, 3.8) is 0 Å². The van der Waals surface area contributed by atoms with Crippen LogP contribution in [-0.4, -0.2) is 12.0 Å². The Balaban J connectivity index is 2.22. The number of aromatic nitrogens is 1. The van der Waals surface area contributed by atoms with Crippen LogP contribution in [0.1, 0.15) is 5.56 Å². The maximum atomic E-state index is 6.13. The van der Waals surface area contributed by atoms with E-state index in [4.69, 9.17) is 17.3 Å². The Morgan fingerprint density at radius 1 is 1.39 bits per heavy atom. The minimum atomic E-state index is 0.560. The van der Waals surface area contributed by atoms with Gasteiger partial charge < -0.3 is 10.6 Å². The summed E-state index contributed by atoms with van der Waals surface area (Å²) in [7, 11) is 1.95. The lowest BCUT2D eigenvalue weighted by molar-refractivity contribution is 0.895. The molecule has 2 N–H and O–H groups in total. The van der Waals surface area contributed by atoms with Gasteiger partial charge >= 0.3 is 0 Å². The van der Waals surface area contributed by atoms with Gasteiger partial charge in [-0.2, -0.15) is 0 Å². The van der Waals surface area contributed by atoms with E-state index in [-0.39, 0.29) is 0 Å². The molecule has 0 aliphatic rings. The first-order chi connectivity index (χ1) is 8.58. The van der Waals surface area contributed by atoms with Gasteiger partial charge in [0.05, 0.1) is 16.9 Å². The van der Waals surface area contributed by atoms with Gasteiger partial charge in [-0.3, -0.25) is 0 Å². The van der Waals surface area contributed by atoms with Gasteiger partial charge in [-0.25, -0.2) is 4.98 Å². The van der Waals surface area contributed by atoms with Crippen molar-refractivity contribution in [2.24, 2.45) is 0 Å². The largest absolute Gasteiger partial charge is 0.397 e. The summed E-state index contributed by atoms with van der Waals surface area (Å²) in [5, 5.41) is 0.560. The fraction of sp³-hybridized carbons (Fsp3) is 0.154. The van der Waals surface area contributed by atoms with E-state index in [1.165, 1.54) is 5.56 Å². The average Bonchev–Trinajstić information content (AvgIpc) is 2.32. The predicted octanol–water partition coefficient (Wildman–Crippen LogP) is 3.72. The maximum absolute atomic E-state index is 6.13. The summed E-state index contributed by atoms with van der Waals surface area (Å²) in [6.07, 6.45) is 1.61. The standard InChI is InChI=1S/C13H13BrClN3/c1-18(8-9-4-2-3-5-11(9)14)13-12(15)6-10(16)7-17-13/h2-7H,8,16H2,1H3. The van der Waals surface area contributed by atoms with E-state index in [9.17, 15) is 0 Å². The fourth-order valence-corrected chi connectivity index (χ4v) is 2.41. The predicted molar refractivity (Wildman–Crippen MR) is 79.9 cm³/mol. The van der Waals surface area contributed by atoms with Crippen molar-refractivity contribution >= 4 is 39.0 Å². The monoisotopic (exact) mass is 325 g/mol. The first-order valence-electron chi connectivity index (χ1n) is 5.43. The zero-order valence-corrected chi connectivity index (χ0v) is 12.2. The van der Waals surface area contributed by atoms with E-state index >= 15 is 0 Å². The number of rotatable bonds is 3. The molecule has 0 aliphatic heterocycles. The molecule has 3 nitrogen and oxygen atoms in total. The van der Waals surface area contributed by atoms with Gasteiger partial charge in [0.15, 0.2) is 0 Å². The van der Waals surface area contributed by atoms with E-state index in [1.54, 1.807) is 12.3 Å². The molecule has 0 bridgehead atoms. The molecule has 18 heavy (non-hydrogen) atoms. The van der Waals surface area contributed by atoms with Crippen LogP contribution in [0, 0.1) is 0 Å². The average molecular weight is 327 g/mol. The van der Waals surface area contributed by atoms with Crippen molar-refractivity contribution in [2.75, 3.05) is 17.7 Å². The maximum Gasteiger partial charge on any atom is 0.147 e. The molecule has 0 saturated heterocycles. The van der Waals surface area contributed by atoms with Crippen molar-refractivity contribution in [1.29, 1.82) is 0 Å². The Morgan fingerprint density at radius 2 is 2.11 bits per heavy atom. The second-order valence-electron chi connectivity index (χ2n) is 4.02. The molecule has 0 radical (unpaired) electrons. The molecule has 0 amide bonds. The first kappa shape index (κ1) is 13.2. The summed E-state index contributed by atoms with van der Waals surface area (Å²) >= 11 is 9.66. The van der Waals surface area contributed by atoms with Crippen molar-refractivity contribution < 1.29 is 0 Å². The Morgan fingerprint density at radius 3 is 2.78 bits per heavy atom. The van der Waals surface area contributed by atoms with E-state index in [0.29, 0.717) is 10.7 Å². The highest BCUT2D eigenvalue weighted by molar-refractivity contribution is 9.10. The zero-order chi connectivity index (χ0) is 13.1. The lowest BCUT2D eigenvalue weighted by atomic mass is 10.2. The van der Waals surface area contributed by atoms with Crippen LogP contribution in [0.3, 0.4) is 0 Å². The fourth-order valence-electron chi connectivity index (χ4n) is 1.68. The summed E-state index contributed by atoms with van der Waals surface area (Å²) in [4.78, 5) is 6.25. The minimum Gasteiger partial charge on any atom is -0.397 e. The topological polar surface area (TPSA) is 42.2 Å². The molecule has 0 aliphatic carbocycles. The molecule has 94 valence electrons. The minimum absolute atomic E-state index is 0.560. The highest BCUT2D eigenvalue weighted by Gasteiger charge is 2.10. The first-order valence-corrected chi connectivity index (χ1v) is 6.60. The molecule has 0 atom stereocenters. The summed E-state index contributed by atoms with van der Waals surface area (Å²) in [5.74, 6) is 0.724. The molecule has 2 rings (SSSR count). The van der Waals surface area contributed by atoms with Crippen LogP contribution in [0.2, 0.25) is 5.02 Å². The number of hydrogen-bond acceptors (Lipinski definition) is 3. The number of anilines is 2. The van der Waals surface area contributed by atoms with E-state index in [0.717, 1.165) is 16.8 Å². The van der Waals surface area contributed by atoms with Crippen LogP contribution < -0.4 is 10.6 Å². The normalized spacial score (nSPS) is 10.4. The number of hydrogen-bond donors (Lipinski definition) is 1. The molecule has 0 spiro atoms. The van der Waals surface area contributed by atoms with Crippen LogP contribution in [-0.2, 0) is 6.54 Å². The second kappa shape index (κ2) is 5.59. The van der Waals surface area contributed by atoms with Crippen molar-refractivity contribution in [2.45, 2.75) is 6.54 Å². The highest BCUT2D eigenvalue weighted by Crippen LogP contribution is 2.26. The molecule has 1 aromatic carbocycles. The number of pyridine rings is 1. The van der Waals surface area contributed by atoms with Gasteiger partial charge in [-0.1, -0.05) is 45.7 Å². The second-order valence-corrected chi connectivity index (χ2v) is 5.28. The van der Waals surface area contributed by atoms with Crippen LogP contribution in [0.15, 0.2) is 41.0 Å². The van der Waals surface area contributed by atoms with Crippen LogP contribution >= 0.6 is 27.5 Å². The molecular weight excluding hydrogens is 314 g/mol. The molecule has 1 aromatic heterocycles. The van der Waals surface area contributed by atoms with Crippen LogP contribution in [0.5, 0.6) is 0 Å². The van der Waals surface area contributed by atoms with Crippen LogP contribution in [0.25, 0.3) is 0 Å². The third-order valence-electron chi connectivity index (χ3n) is 2.57. The number of nitrogen functional groups attached to an aromatic ring is 1. The smallest absolute Gasteiger partial charge is 0.147 e. The number of benzene rings is 1. The third-order valence-corrected chi connectivity index (χ3v) is 3.62. The summed E-state index contributed by atoms with van der Waals surface area (Å²) in [5.41, 5.74) is 7.37. The van der Waals surface area contributed by atoms with Crippen molar-refractivity contribution in [3.05, 3.63) is 51.6 Å². The summed E-state index contributed by atoms with van der Waals surface area (Å²) in [6.45, 7) is 0.720. The molecule has 0 fully saturated rings. The van der Waals surface area contributed by atoms with Gasteiger partial charge in [0, 0.05) is 18.1 Å². The zero-order valence-electron chi connectivity index (χ0n) is 9.90. The SMILES string of the molecule is CN(Cc1ccccc1Br)c1ncc(N)cc1Cl. The van der Waals surface area contributed by atoms with Gasteiger partial charge in [0.2, 0.25) is 0 Å². The Kier molecular flexibility index (Phi) is 4.09.